The SMILES string of the molecule is CCCN(CC1CC1)C(=O)NC(Cc1cnc[nH]1)C(=O)O. The second-order valence-corrected chi connectivity index (χ2v) is 5.51. The summed E-state index contributed by atoms with van der Waals surface area (Å²) in [7, 11) is 0. The van der Waals surface area contributed by atoms with Gasteiger partial charge in [-0.25, -0.2) is 14.6 Å². The van der Waals surface area contributed by atoms with Crippen molar-refractivity contribution in [3.63, 3.8) is 0 Å². The van der Waals surface area contributed by atoms with E-state index in [0.717, 1.165) is 25.8 Å². The zero-order valence-electron chi connectivity index (χ0n) is 12.2. The quantitative estimate of drug-likeness (QED) is 0.671. The molecule has 1 aliphatic rings. The van der Waals surface area contributed by atoms with Gasteiger partial charge in [-0.2, -0.15) is 0 Å². The van der Waals surface area contributed by atoms with Gasteiger partial charge in [-0.05, 0) is 25.2 Å². The number of nitrogens with zero attached hydrogens (tertiary/aromatic N) is 2. The number of aliphatic carboxylic acids is 1. The number of aromatic amines is 1. The number of amides is 2. The number of imidazole rings is 1. The van der Waals surface area contributed by atoms with E-state index in [1.165, 1.54) is 6.33 Å². The highest BCUT2D eigenvalue weighted by atomic mass is 16.4. The second-order valence-electron chi connectivity index (χ2n) is 5.51. The van der Waals surface area contributed by atoms with Crippen LogP contribution >= 0.6 is 0 Å². The highest BCUT2D eigenvalue weighted by Crippen LogP contribution is 2.29. The summed E-state index contributed by atoms with van der Waals surface area (Å²) >= 11 is 0. The van der Waals surface area contributed by atoms with Crippen LogP contribution in [0.1, 0.15) is 31.9 Å². The fourth-order valence-electron chi connectivity index (χ4n) is 2.21. The van der Waals surface area contributed by atoms with Crippen LogP contribution in [0, 0.1) is 5.92 Å². The predicted molar refractivity (Wildman–Crippen MR) is 76.8 cm³/mol. The van der Waals surface area contributed by atoms with Gasteiger partial charge in [0.05, 0.1) is 6.33 Å². The minimum atomic E-state index is -1.04. The molecule has 1 atom stereocenters. The minimum Gasteiger partial charge on any atom is -0.480 e. The molecule has 1 aliphatic carbocycles. The number of aromatic nitrogens is 2. The molecule has 1 saturated carbocycles. The number of hydrogen-bond donors (Lipinski definition) is 3. The number of nitrogens with one attached hydrogen (secondary N) is 2. The van der Waals surface area contributed by atoms with Gasteiger partial charge in [-0.3, -0.25) is 0 Å². The molecule has 0 aliphatic heterocycles. The zero-order valence-corrected chi connectivity index (χ0v) is 12.2. The van der Waals surface area contributed by atoms with Crippen LogP contribution < -0.4 is 5.32 Å². The van der Waals surface area contributed by atoms with Crippen molar-refractivity contribution >= 4 is 12.0 Å². The molecule has 2 amide bonds. The van der Waals surface area contributed by atoms with Crippen molar-refractivity contribution in [2.75, 3.05) is 13.1 Å². The summed E-state index contributed by atoms with van der Waals surface area (Å²) in [6.45, 7) is 3.38. The van der Waals surface area contributed by atoms with E-state index in [-0.39, 0.29) is 12.5 Å². The fourth-order valence-corrected chi connectivity index (χ4v) is 2.21. The molecule has 1 aromatic heterocycles. The van der Waals surface area contributed by atoms with Crippen LogP contribution in [-0.2, 0) is 11.2 Å². The fraction of sp³-hybridized carbons (Fsp3) is 0.643. The lowest BCUT2D eigenvalue weighted by atomic mass is 10.1. The van der Waals surface area contributed by atoms with E-state index in [2.05, 4.69) is 15.3 Å². The number of carboxylic acid groups (broad SMARTS) is 1. The molecule has 0 saturated heterocycles. The van der Waals surface area contributed by atoms with Gasteiger partial charge in [0, 0.05) is 31.4 Å². The third-order valence-corrected chi connectivity index (χ3v) is 3.53. The molecule has 1 unspecified atom stereocenters. The van der Waals surface area contributed by atoms with Crippen LogP contribution in [0.4, 0.5) is 4.79 Å². The highest BCUT2D eigenvalue weighted by Gasteiger charge is 2.28. The first-order valence-corrected chi connectivity index (χ1v) is 7.35. The predicted octanol–water partition coefficient (Wildman–Crippen LogP) is 1.24. The zero-order chi connectivity index (χ0) is 15.2. The van der Waals surface area contributed by atoms with Crippen molar-refractivity contribution < 1.29 is 14.7 Å². The van der Waals surface area contributed by atoms with Crippen LogP contribution in [0.15, 0.2) is 12.5 Å². The molecule has 0 spiro atoms. The molecule has 7 nitrogen and oxygen atoms in total. The molecule has 7 heteroatoms. The lowest BCUT2D eigenvalue weighted by molar-refractivity contribution is -0.139. The Morgan fingerprint density at radius 2 is 2.33 bits per heavy atom. The Hall–Kier alpha value is -2.05. The molecule has 0 aromatic carbocycles. The number of carbonyl (C=O) groups excluding carboxylic acids is 1. The first kappa shape index (κ1) is 15.3. The third kappa shape index (κ3) is 4.77. The van der Waals surface area contributed by atoms with E-state index in [1.807, 2.05) is 6.92 Å². The Labute approximate surface area is 123 Å². The largest absolute Gasteiger partial charge is 0.480 e. The van der Waals surface area contributed by atoms with E-state index in [9.17, 15) is 14.7 Å². The minimum absolute atomic E-state index is 0.199. The van der Waals surface area contributed by atoms with Crippen LogP contribution in [-0.4, -0.2) is 51.1 Å². The first-order valence-electron chi connectivity index (χ1n) is 7.35. The van der Waals surface area contributed by atoms with Crippen molar-refractivity contribution in [3.8, 4) is 0 Å². The summed E-state index contributed by atoms with van der Waals surface area (Å²) < 4.78 is 0. The molecule has 1 heterocycles. The molecule has 0 radical (unpaired) electrons. The van der Waals surface area contributed by atoms with Gasteiger partial charge >= 0.3 is 12.0 Å². The van der Waals surface area contributed by atoms with Crippen molar-refractivity contribution in [2.24, 2.45) is 5.92 Å². The number of carboxylic acids is 1. The maximum Gasteiger partial charge on any atom is 0.326 e. The number of H-pyrrole nitrogens is 1. The molecular weight excluding hydrogens is 272 g/mol. The summed E-state index contributed by atoms with van der Waals surface area (Å²) in [6.07, 6.45) is 6.43. The van der Waals surface area contributed by atoms with Crippen LogP contribution in [0.2, 0.25) is 0 Å². The summed E-state index contributed by atoms with van der Waals surface area (Å²) in [5.41, 5.74) is 0.687. The topological polar surface area (TPSA) is 98.3 Å². The van der Waals surface area contributed by atoms with Gasteiger partial charge in [0.25, 0.3) is 0 Å². The monoisotopic (exact) mass is 294 g/mol. The van der Waals surface area contributed by atoms with Gasteiger partial charge in [0.15, 0.2) is 0 Å². The van der Waals surface area contributed by atoms with Gasteiger partial charge < -0.3 is 20.3 Å². The second kappa shape index (κ2) is 7.10. The van der Waals surface area contributed by atoms with Crippen LogP contribution in [0.25, 0.3) is 0 Å². The molecule has 116 valence electrons. The molecule has 0 bridgehead atoms. The van der Waals surface area contributed by atoms with E-state index >= 15 is 0 Å². The number of rotatable bonds is 8. The maximum atomic E-state index is 12.3. The Bertz CT molecular complexity index is 471. The number of carbonyl (C=O) groups is 2. The van der Waals surface area contributed by atoms with E-state index in [1.54, 1.807) is 11.1 Å². The summed E-state index contributed by atoms with van der Waals surface area (Å²) in [5.74, 6) is -0.459. The third-order valence-electron chi connectivity index (χ3n) is 3.53. The summed E-state index contributed by atoms with van der Waals surface area (Å²) in [4.78, 5) is 32.0. The van der Waals surface area contributed by atoms with E-state index in [4.69, 9.17) is 0 Å². The molecule has 1 fully saturated rings. The maximum absolute atomic E-state index is 12.3. The Kier molecular flexibility index (Phi) is 5.19. The molecule has 2 rings (SSSR count). The van der Waals surface area contributed by atoms with Gasteiger partial charge in [0.1, 0.15) is 6.04 Å². The molecule has 3 N–H and O–H groups in total. The van der Waals surface area contributed by atoms with Crippen molar-refractivity contribution in [1.29, 1.82) is 0 Å². The van der Waals surface area contributed by atoms with Crippen molar-refractivity contribution in [1.82, 2.24) is 20.2 Å². The van der Waals surface area contributed by atoms with Crippen LogP contribution in [0.5, 0.6) is 0 Å². The van der Waals surface area contributed by atoms with Gasteiger partial charge in [0.2, 0.25) is 0 Å². The normalized spacial score (nSPS) is 15.5. The Morgan fingerprint density at radius 1 is 1.57 bits per heavy atom. The summed E-state index contributed by atoms with van der Waals surface area (Å²) in [5, 5.41) is 11.9. The lowest BCUT2D eigenvalue weighted by Gasteiger charge is -2.24. The average Bonchev–Trinajstić information content (AvgIpc) is 3.11. The van der Waals surface area contributed by atoms with Crippen molar-refractivity contribution in [3.05, 3.63) is 18.2 Å². The Morgan fingerprint density at radius 3 is 2.86 bits per heavy atom. The van der Waals surface area contributed by atoms with Gasteiger partial charge in [-0.1, -0.05) is 6.92 Å². The van der Waals surface area contributed by atoms with Gasteiger partial charge in [-0.15, -0.1) is 0 Å². The first-order chi connectivity index (χ1) is 10.1. The number of urea groups is 1. The average molecular weight is 294 g/mol. The smallest absolute Gasteiger partial charge is 0.326 e. The van der Waals surface area contributed by atoms with Crippen molar-refractivity contribution in [2.45, 2.75) is 38.6 Å². The van der Waals surface area contributed by atoms with Crippen LogP contribution in [0.3, 0.4) is 0 Å². The van der Waals surface area contributed by atoms with E-state index in [0.29, 0.717) is 18.2 Å². The molecule has 21 heavy (non-hydrogen) atoms. The molecular formula is C14H22N4O3. The number of hydrogen-bond acceptors (Lipinski definition) is 3. The summed E-state index contributed by atoms with van der Waals surface area (Å²) in [6, 6.07) is -1.24. The Balaban J connectivity index is 1.93. The van der Waals surface area contributed by atoms with E-state index < -0.39 is 12.0 Å². The highest BCUT2D eigenvalue weighted by molar-refractivity contribution is 5.82. The standard InChI is InChI=1S/C14H22N4O3/c1-2-5-18(8-10-3-4-10)14(21)17-12(13(19)20)6-11-7-15-9-16-11/h7,9-10,12H,2-6,8H2,1H3,(H,15,16)(H,17,21)(H,19,20). The molecule has 1 aromatic rings. The lowest BCUT2D eigenvalue weighted by Crippen LogP contribution is -2.49.